The van der Waals surface area contributed by atoms with Crippen molar-refractivity contribution in [3.05, 3.63) is 72.8 Å². The second kappa shape index (κ2) is 4.79. The zero-order chi connectivity index (χ0) is 14.2. The first kappa shape index (κ1) is 12.2. The number of aromatic nitrogens is 1. The summed E-state index contributed by atoms with van der Waals surface area (Å²) in [7, 11) is 0.0557. The molecule has 0 atom stereocenters. The van der Waals surface area contributed by atoms with Crippen LogP contribution in [0, 0.1) is 0 Å². The molecule has 3 aromatic carbocycles. The van der Waals surface area contributed by atoms with Gasteiger partial charge < -0.3 is 9.59 Å². The van der Waals surface area contributed by atoms with Gasteiger partial charge in [-0.25, -0.2) is 0 Å². The Morgan fingerprint density at radius 2 is 1.43 bits per heavy atom. The molecule has 0 saturated heterocycles. The van der Waals surface area contributed by atoms with Gasteiger partial charge in [0.05, 0.1) is 11.0 Å². The number of hydrogen-bond acceptors (Lipinski definition) is 1. The van der Waals surface area contributed by atoms with Crippen molar-refractivity contribution in [2.45, 2.75) is 0 Å². The van der Waals surface area contributed by atoms with Gasteiger partial charge in [-0.2, -0.15) is 0 Å². The number of nitrogens with zero attached hydrogens (tertiary/aromatic N) is 1. The third kappa shape index (κ3) is 1.78. The fourth-order valence-corrected chi connectivity index (χ4v) is 3.08. The molecule has 0 amide bonds. The normalized spacial score (nSPS) is 11.1. The number of para-hydroxylation sites is 2. The highest BCUT2D eigenvalue weighted by molar-refractivity contribution is 6.51. The van der Waals surface area contributed by atoms with Crippen LogP contribution < -0.4 is 5.46 Å². The molecule has 1 N–H and O–H groups in total. The minimum Gasteiger partial charge on any atom is -0.449 e. The maximum atomic E-state index is 9.67. The van der Waals surface area contributed by atoms with E-state index in [9.17, 15) is 5.02 Å². The van der Waals surface area contributed by atoms with Gasteiger partial charge in [-0.05, 0) is 29.7 Å². The van der Waals surface area contributed by atoms with Crippen molar-refractivity contribution in [1.29, 1.82) is 0 Å². The van der Waals surface area contributed by atoms with Gasteiger partial charge in [0.25, 0.3) is 0 Å². The maximum absolute atomic E-state index is 9.67. The van der Waals surface area contributed by atoms with Crippen molar-refractivity contribution in [3.63, 3.8) is 0 Å². The Labute approximate surface area is 123 Å². The van der Waals surface area contributed by atoms with Gasteiger partial charge in [0.2, 0.25) is 0 Å². The fraction of sp³-hybridized carbons (Fsp3) is 0. The largest absolute Gasteiger partial charge is 0.449 e. The topological polar surface area (TPSA) is 25.2 Å². The Kier molecular flexibility index (Phi) is 2.79. The van der Waals surface area contributed by atoms with E-state index in [1.807, 2.05) is 36.4 Å². The highest BCUT2D eigenvalue weighted by atomic mass is 16.2. The zero-order valence-corrected chi connectivity index (χ0v) is 11.5. The third-order valence-corrected chi connectivity index (χ3v) is 3.97. The fourth-order valence-electron chi connectivity index (χ4n) is 3.08. The summed E-state index contributed by atoms with van der Waals surface area (Å²) in [6, 6.07) is 24.8. The van der Waals surface area contributed by atoms with Crippen LogP contribution >= 0.6 is 0 Å². The molecule has 0 saturated carbocycles. The van der Waals surface area contributed by atoms with E-state index in [0.717, 1.165) is 22.1 Å². The number of benzene rings is 3. The van der Waals surface area contributed by atoms with E-state index in [1.54, 1.807) is 0 Å². The van der Waals surface area contributed by atoms with E-state index in [2.05, 4.69) is 41.0 Å². The molecular weight excluding hydrogens is 257 g/mol. The minimum absolute atomic E-state index is 0.0557. The highest BCUT2D eigenvalue weighted by Gasteiger charge is 2.14. The summed E-state index contributed by atoms with van der Waals surface area (Å²) in [6.07, 6.45) is 0. The van der Waals surface area contributed by atoms with Crippen molar-refractivity contribution in [2.75, 3.05) is 0 Å². The Morgan fingerprint density at radius 1 is 0.714 bits per heavy atom. The van der Waals surface area contributed by atoms with Gasteiger partial charge in [-0.3, -0.25) is 0 Å². The molecule has 4 aromatic rings. The molecule has 2 nitrogen and oxygen atoms in total. The molecule has 0 bridgehead atoms. The molecule has 0 radical (unpaired) electrons. The molecule has 4 rings (SSSR count). The van der Waals surface area contributed by atoms with Crippen LogP contribution in [0.25, 0.3) is 27.5 Å². The minimum atomic E-state index is 0.0557. The number of fused-ring (bicyclic) bond motifs is 3. The quantitative estimate of drug-likeness (QED) is 0.557. The van der Waals surface area contributed by atoms with E-state index < -0.39 is 0 Å². The van der Waals surface area contributed by atoms with E-state index in [1.165, 1.54) is 10.9 Å². The van der Waals surface area contributed by atoms with Crippen molar-refractivity contribution < 1.29 is 5.02 Å². The smallest absolute Gasteiger partial charge is 0.305 e. The lowest BCUT2D eigenvalue weighted by Gasteiger charge is -2.07. The lowest BCUT2D eigenvalue weighted by atomic mass is 9.85. The Balaban J connectivity index is 2.23. The van der Waals surface area contributed by atoms with Gasteiger partial charge in [-0.15, -0.1) is 0 Å². The van der Waals surface area contributed by atoms with Crippen LogP contribution in [0.3, 0.4) is 0 Å². The van der Waals surface area contributed by atoms with Crippen LogP contribution in [0.5, 0.6) is 0 Å². The van der Waals surface area contributed by atoms with Crippen molar-refractivity contribution in [1.82, 2.24) is 4.57 Å². The van der Waals surface area contributed by atoms with Crippen molar-refractivity contribution >= 4 is 34.8 Å². The second-order valence-corrected chi connectivity index (χ2v) is 5.16. The average Bonchev–Trinajstić information content (AvgIpc) is 2.90. The molecule has 0 aliphatic rings. The molecule has 3 heteroatoms. The SMILES string of the molecule is OBc1cccc2c1c1ccccc1n2-c1ccccc1. The van der Waals surface area contributed by atoms with E-state index in [4.69, 9.17) is 0 Å². The summed E-state index contributed by atoms with van der Waals surface area (Å²) >= 11 is 0. The first-order valence-corrected chi connectivity index (χ1v) is 7.07. The average molecular weight is 271 g/mol. The van der Waals surface area contributed by atoms with Crippen LogP contribution in [0.2, 0.25) is 0 Å². The Bertz CT molecular complexity index is 928. The number of rotatable bonds is 2. The Morgan fingerprint density at radius 3 is 2.24 bits per heavy atom. The lowest BCUT2D eigenvalue weighted by Crippen LogP contribution is -2.13. The zero-order valence-electron chi connectivity index (χ0n) is 11.5. The summed E-state index contributed by atoms with van der Waals surface area (Å²) in [5.41, 5.74) is 4.41. The molecule has 0 fully saturated rings. The van der Waals surface area contributed by atoms with Gasteiger partial charge in [0.1, 0.15) is 0 Å². The highest BCUT2D eigenvalue weighted by Crippen LogP contribution is 2.30. The first-order chi connectivity index (χ1) is 10.4. The monoisotopic (exact) mass is 271 g/mol. The molecule has 0 unspecified atom stereocenters. The Hall–Kier alpha value is -2.52. The molecular formula is C18H14BNO. The third-order valence-electron chi connectivity index (χ3n) is 3.97. The number of hydrogen-bond donors (Lipinski definition) is 1. The van der Waals surface area contributed by atoms with Crippen LogP contribution in [-0.4, -0.2) is 17.1 Å². The predicted molar refractivity (Wildman–Crippen MR) is 89.8 cm³/mol. The molecule has 0 aliphatic carbocycles. The van der Waals surface area contributed by atoms with Crippen LogP contribution in [0.4, 0.5) is 0 Å². The lowest BCUT2D eigenvalue weighted by molar-refractivity contribution is 0.616. The van der Waals surface area contributed by atoms with Crippen LogP contribution in [0.15, 0.2) is 72.8 Å². The van der Waals surface area contributed by atoms with Gasteiger partial charge in [-0.1, -0.05) is 48.5 Å². The first-order valence-electron chi connectivity index (χ1n) is 7.07. The van der Waals surface area contributed by atoms with Crippen LogP contribution in [0.1, 0.15) is 0 Å². The molecule has 0 aliphatic heterocycles. The maximum Gasteiger partial charge on any atom is 0.305 e. The molecule has 1 heterocycles. The molecule has 21 heavy (non-hydrogen) atoms. The summed E-state index contributed by atoms with van der Waals surface area (Å²) in [5, 5.41) is 12.0. The standard InChI is InChI=1S/C18H14BNO/c21-19-15-10-6-12-17-18(15)14-9-4-5-11-16(14)20(17)13-7-2-1-3-8-13/h1-12,19,21H. The summed E-state index contributed by atoms with van der Waals surface area (Å²) < 4.78 is 2.25. The van der Waals surface area contributed by atoms with Gasteiger partial charge in [0.15, 0.2) is 0 Å². The van der Waals surface area contributed by atoms with Gasteiger partial charge >= 0.3 is 7.48 Å². The van der Waals surface area contributed by atoms with Crippen LogP contribution in [-0.2, 0) is 0 Å². The summed E-state index contributed by atoms with van der Waals surface area (Å²) in [4.78, 5) is 0. The second-order valence-electron chi connectivity index (χ2n) is 5.16. The predicted octanol–water partition coefficient (Wildman–Crippen LogP) is 2.75. The van der Waals surface area contributed by atoms with Crippen molar-refractivity contribution in [3.8, 4) is 5.69 Å². The molecule has 0 spiro atoms. The molecule has 100 valence electrons. The van der Waals surface area contributed by atoms with E-state index in [0.29, 0.717) is 0 Å². The summed E-state index contributed by atoms with van der Waals surface area (Å²) in [5.74, 6) is 0. The van der Waals surface area contributed by atoms with E-state index >= 15 is 0 Å². The summed E-state index contributed by atoms with van der Waals surface area (Å²) in [6.45, 7) is 0. The van der Waals surface area contributed by atoms with Crippen molar-refractivity contribution in [2.24, 2.45) is 0 Å². The van der Waals surface area contributed by atoms with E-state index in [-0.39, 0.29) is 7.48 Å². The molecule has 1 aromatic heterocycles. The van der Waals surface area contributed by atoms with Gasteiger partial charge in [0, 0.05) is 16.5 Å².